The standard InChI is InChI=1S/C21H28NO11P/c1-12(23)29-10-17-18(30-13(2)24)19(31-14(3)25)20(32-15(4)26)21(33-17)22-34(27,28)11-16-8-6-5-7-9-16/h5-9,17-21H,10-11H2,1-4H3,(H2,22,27,28)/t17-,18-,19+,20-,21-/m1/s1. The van der Waals surface area contributed by atoms with E-state index in [0.717, 1.165) is 27.7 Å². The first-order valence-corrected chi connectivity index (χ1v) is 12.2. The Kier molecular flexibility index (Phi) is 9.75. The molecule has 1 aromatic rings. The fourth-order valence-electron chi connectivity index (χ4n) is 3.41. The van der Waals surface area contributed by atoms with E-state index in [1.807, 2.05) is 0 Å². The van der Waals surface area contributed by atoms with Crippen LogP contribution in [0, 0.1) is 0 Å². The Hall–Kier alpha value is -2.79. The van der Waals surface area contributed by atoms with Crippen LogP contribution in [0.4, 0.5) is 0 Å². The molecular weight excluding hydrogens is 473 g/mol. The lowest BCUT2D eigenvalue weighted by Crippen LogP contribution is -2.65. The topological polar surface area (TPSA) is 164 Å². The smallest absolute Gasteiger partial charge is 0.303 e. The predicted octanol–water partition coefficient (Wildman–Crippen LogP) is 1.04. The Morgan fingerprint density at radius 3 is 1.94 bits per heavy atom. The third kappa shape index (κ3) is 8.53. The molecule has 1 fully saturated rings. The number of esters is 4. The van der Waals surface area contributed by atoms with Crippen LogP contribution in [0.3, 0.4) is 0 Å². The Bertz CT molecular complexity index is 938. The van der Waals surface area contributed by atoms with Crippen molar-refractivity contribution in [2.45, 2.75) is 64.5 Å². The highest BCUT2D eigenvalue weighted by Gasteiger charge is 2.53. The van der Waals surface area contributed by atoms with Gasteiger partial charge in [0.25, 0.3) is 7.52 Å². The van der Waals surface area contributed by atoms with E-state index >= 15 is 0 Å². The zero-order valence-corrected chi connectivity index (χ0v) is 20.1. The highest BCUT2D eigenvalue weighted by Crippen LogP contribution is 2.42. The molecule has 2 N–H and O–H groups in total. The minimum atomic E-state index is -4.16. The minimum absolute atomic E-state index is 0.291. The van der Waals surface area contributed by atoms with Crippen LogP contribution in [0.5, 0.6) is 0 Å². The van der Waals surface area contributed by atoms with Gasteiger partial charge in [-0.2, -0.15) is 0 Å². The molecule has 1 aromatic carbocycles. The molecule has 1 aliphatic rings. The molecule has 0 spiro atoms. The summed E-state index contributed by atoms with van der Waals surface area (Å²) in [5, 5.41) is 2.43. The predicted molar refractivity (Wildman–Crippen MR) is 115 cm³/mol. The van der Waals surface area contributed by atoms with Crippen molar-refractivity contribution in [3.63, 3.8) is 0 Å². The van der Waals surface area contributed by atoms with E-state index in [9.17, 15) is 28.6 Å². The quantitative estimate of drug-likeness (QED) is 0.281. The van der Waals surface area contributed by atoms with E-state index in [1.165, 1.54) is 0 Å². The zero-order valence-electron chi connectivity index (χ0n) is 19.2. The van der Waals surface area contributed by atoms with E-state index < -0.39 is 68.6 Å². The first-order chi connectivity index (χ1) is 15.9. The number of nitrogens with one attached hydrogen (secondary N) is 1. The van der Waals surface area contributed by atoms with Crippen LogP contribution in [0.1, 0.15) is 33.3 Å². The second-order valence-corrected chi connectivity index (χ2v) is 9.57. The maximum absolute atomic E-state index is 13.0. The van der Waals surface area contributed by atoms with Crippen LogP contribution in [-0.4, -0.2) is 66.0 Å². The molecule has 0 amide bonds. The first-order valence-electron chi connectivity index (χ1n) is 10.3. The summed E-state index contributed by atoms with van der Waals surface area (Å²) in [6.07, 6.45) is -7.26. The molecular formula is C21H28NO11P. The second-order valence-electron chi connectivity index (χ2n) is 7.59. The van der Waals surface area contributed by atoms with Crippen molar-refractivity contribution in [3.05, 3.63) is 35.9 Å². The van der Waals surface area contributed by atoms with Gasteiger partial charge in [0.05, 0.1) is 6.16 Å². The van der Waals surface area contributed by atoms with Crippen molar-refractivity contribution in [2.75, 3.05) is 6.61 Å². The number of carbonyl (C=O) groups is 4. The molecule has 0 saturated carbocycles. The van der Waals surface area contributed by atoms with Crippen molar-refractivity contribution in [1.82, 2.24) is 5.09 Å². The Morgan fingerprint density at radius 2 is 1.41 bits per heavy atom. The molecule has 1 unspecified atom stereocenters. The zero-order chi connectivity index (χ0) is 25.5. The Morgan fingerprint density at radius 1 is 0.882 bits per heavy atom. The average molecular weight is 501 g/mol. The van der Waals surface area contributed by atoms with Gasteiger partial charge in [0.1, 0.15) is 12.7 Å². The van der Waals surface area contributed by atoms with E-state index in [4.69, 9.17) is 23.7 Å². The largest absolute Gasteiger partial charge is 0.463 e. The van der Waals surface area contributed by atoms with Crippen molar-refractivity contribution >= 4 is 31.4 Å². The van der Waals surface area contributed by atoms with Crippen molar-refractivity contribution in [2.24, 2.45) is 0 Å². The van der Waals surface area contributed by atoms with Gasteiger partial charge in [-0.25, -0.2) is 5.09 Å². The monoisotopic (exact) mass is 501 g/mol. The van der Waals surface area contributed by atoms with Gasteiger partial charge in [0, 0.05) is 27.7 Å². The minimum Gasteiger partial charge on any atom is -0.463 e. The number of hydrogen-bond acceptors (Lipinski definition) is 10. The maximum atomic E-state index is 13.0. The number of rotatable bonds is 9. The SMILES string of the molecule is CC(=O)OC[C@H]1O[C@@H](NP(=O)(O)Cc2ccccc2)[C@H](OC(C)=O)[C@@H](OC(C)=O)[C@@H]1OC(C)=O. The van der Waals surface area contributed by atoms with Gasteiger partial charge in [-0.3, -0.25) is 23.7 Å². The second kappa shape index (κ2) is 12.1. The molecule has 0 bridgehead atoms. The molecule has 13 heteroatoms. The van der Waals surface area contributed by atoms with Gasteiger partial charge < -0.3 is 28.6 Å². The molecule has 1 heterocycles. The van der Waals surface area contributed by atoms with Gasteiger partial charge in [-0.05, 0) is 5.56 Å². The van der Waals surface area contributed by atoms with Crippen LogP contribution in [-0.2, 0) is 53.6 Å². The van der Waals surface area contributed by atoms with Crippen LogP contribution in [0.25, 0.3) is 0 Å². The molecule has 1 saturated heterocycles. The lowest BCUT2D eigenvalue weighted by atomic mass is 9.97. The molecule has 0 aliphatic carbocycles. The van der Waals surface area contributed by atoms with Crippen LogP contribution < -0.4 is 5.09 Å². The van der Waals surface area contributed by atoms with E-state index in [2.05, 4.69) is 5.09 Å². The number of carbonyl (C=O) groups excluding carboxylic acids is 4. The van der Waals surface area contributed by atoms with Gasteiger partial charge in [-0.15, -0.1) is 0 Å². The average Bonchev–Trinajstić information content (AvgIpc) is 2.70. The molecule has 2 rings (SSSR count). The Balaban J connectivity index is 2.42. The van der Waals surface area contributed by atoms with Crippen molar-refractivity contribution < 1.29 is 52.3 Å². The molecule has 6 atom stereocenters. The van der Waals surface area contributed by atoms with Crippen molar-refractivity contribution in [3.8, 4) is 0 Å². The highest BCUT2D eigenvalue weighted by molar-refractivity contribution is 7.55. The summed E-state index contributed by atoms with van der Waals surface area (Å²) in [6.45, 7) is 3.97. The molecule has 34 heavy (non-hydrogen) atoms. The molecule has 0 radical (unpaired) electrons. The summed E-state index contributed by atoms with van der Waals surface area (Å²) >= 11 is 0. The van der Waals surface area contributed by atoms with Gasteiger partial charge in [0.15, 0.2) is 24.5 Å². The van der Waals surface area contributed by atoms with Crippen LogP contribution in [0.15, 0.2) is 30.3 Å². The number of ether oxygens (including phenoxy) is 5. The lowest BCUT2D eigenvalue weighted by Gasteiger charge is -2.44. The number of benzene rings is 1. The Labute approximate surface area is 196 Å². The van der Waals surface area contributed by atoms with Gasteiger partial charge in [0.2, 0.25) is 0 Å². The van der Waals surface area contributed by atoms with E-state index in [-0.39, 0.29) is 6.16 Å². The van der Waals surface area contributed by atoms with Gasteiger partial charge >= 0.3 is 23.9 Å². The number of hydrogen-bond donors (Lipinski definition) is 2. The fourth-order valence-corrected chi connectivity index (χ4v) is 4.81. The summed E-state index contributed by atoms with van der Waals surface area (Å²) in [6, 6.07) is 8.45. The summed E-state index contributed by atoms with van der Waals surface area (Å²) in [4.78, 5) is 57.3. The third-order valence-corrected chi connectivity index (χ3v) is 6.01. The molecule has 188 valence electrons. The maximum Gasteiger partial charge on any atom is 0.303 e. The normalized spacial score (nSPS) is 26.0. The van der Waals surface area contributed by atoms with E-state index in [1.54, 1.807) is 30.3 Å². The van der Waals surface area contributed by atoms with Crippen LogP contribution in [0.2, 0.25) is 0 Å². The van der Waals surface area contributed by atoms with E-state index in [0.29, 0.717) is 5.56 Å². The molecule has 0 aromatic heterocycles. The summed E-state index contributed by atoms with van der Waals surface area (Å²) in [5.41, 5.74) is 0.548. The van der Waals surface area contributed by atoms with Crippen LogP contribution >= 0.6 is 7.52 Å². The summed E-state index contributed by atoms with van der Waals surface area (Å²) in [7, 11) is -4.16. The summed E-state index contributed by atoms with van der Waals surface area (Å²) < 4.78 is 39.6. The molecule has 12 nitrogen and oxygen atoms in total. The molecule has 1 aliphatic heterocycles. The lowest BCUT2D eigenvalue weighted by molar-refractivity contribution is -0.254. The summed E-state index contributed by atoms with van der Waals surface area (Å²) in [5.74, 6) is -3.06. The highest BCUT2D eigenvalue weighted by atomic mass is 31.2. The third-order valence-electron chi connectivity index (χ3n) is 4.56. The fraction of sp³-hybridized carbons (Fsp3) is 0.524. The van der Waals surface area contributed by atoms with Crippen molar-refractivity contribution in [1.29, 1.82) is 0 Å². The van der Waals surface area contributed by atoms with Gasteiger partial charge in [-0.1, -0.05) is 30.3 Å². The first kappa shape index (κ1) is 27.5.